The van der Waals surface area contributed by atoms with Crippen molar-refractivity contribution in [1.29, 1.82) is 0 Å². The van der Waals surface area contributed by atoms with Gasteiger partial charge in [0.2, 0.25) is 0 Å². The van der Waals surface area contributed by atoms with Crippen molar-refractivity contribution in [2.75, 3.05) is 36.8 Å². The Hall–Kier alpha value is -1.23. The molecule has 0 aromatic carbocycles. The van der Waals surface area contributed by atoms with Crippen molar-refractivity contribution in [3.05, 3.63) is 5.69 Å². The molecule has 1 aliphatic heterocycles. The van der Waals surface area contributed by atoms with Crippen LogP contribution in [0.5, 0.6) is 0 Å². The molecule has 1 aromatic rings. The van der Waals surface area contributed by atoms with Gasteiger partial charge in [-0.1, -0.05) is 20.8 Å². The number of likely N-dealkylation sites (N-methyl/N-ethyl adjacent to an activating group) is 1. The zero-order valence-electron chi connectivity index (χ0n) is 13.4. The molecular formula is C15H29N5. The minimum absolute atomic E-state index is 0.648. The zero-order valence-corrected chi connectivity index (χ0v) is 13.4. The number of hydrogen-bond donors (Lipinski definition) is 1. The van der Waals surface area contributed by atoms with E-state index in [1.54, 1.807) is 0 Å². The van der Waals surface area contributed by atoms with E-state index in [1.165, 1.54) is 6.42 Å². The quantitative estimate of drug-likeness (QED) is 0.866. The summed E-state index contributed by atoms with van der Waals surface area (Å²) in [7, 11) is 0. The second-order valence-electron chi connectivity index (χ2n) is 5.66. The molecule has 2 heterocycles. The van der Waals surface area contributed by atoms with Gasteiger partial charge in [0.15, 0.2) is 5.82 Å². The summed E-state index contributed by atoms with van der Waals surface area (Å²) in [6.45, 7) is 14.0. The van der Waals surface area contributed by atoms with E-state index in [0.717, 1.165) is 56.3 Å². The second kappa shape index (κ2) is 6.48. The van der Waals surface area contributed by atoms with Crippen LogP contribution in [0.1, 0.15) is 39.3 Å². The first-order valence-corrected chi connectivity index (χ1v) is 7.94. The van der Waals surface area contributed by atoms with E-state index >= 15 is 0 Å². The summed E-state index contributed by atoms with van der Waals surface area (Å²) in [6, 6.07) is 0.648. The lowest BCUT2D eigenvalue weighted by Crippen LogP contribution is -2.37. The number of anilines is 2. The van der Waals surface area contributed by atoms with Gasteiger partial charge in [-0.25, -0.2) is 4.68 Å². The van der Waals surface area contributed by atoms with E-state index in [2.05, 4.69) is 40.4 Å². The molecule has 1 aromatic heterocycles. The number of nitrogens with zero attached hydrogens (tertiary/aromatic N) is 4. The lowest BCUT2D eigenvalue weighted by Gasteiger charge is -2.27. The lowest BCUT2D eigenvalue weighted by molar-refractivity contribution is 0.232. The number of rotatable bonds is 6. The van der Waals surface area contributed by atoms with Crippen LogP contribution in [0.3, 0.4) is 0 Å². The Balaban J connectivity index is 2.17. The highest BCUT2D eigenvalue weighted by atomic mass is 15.4. The third kappa shape index (κ3) is 2.77. The molecule has 20 heavy (non-hydrogen) atoms. The Morgan fingerprint density at radius 2 is 2.00 bits per heavy atom. The molecule has 5 heteroatoms. The van der Waals surface area contributed by atoms with Gasteiger partial charge in [-0.15, -0.1) is 0 Å². The maximum absolute atomic E-state index is 6.26. The summed E-state index contributed by atoms with van der Waals surface area (Å²) in [5.41, 5.74) is 8.08. The fourth-order valence-electron chi connectivity index (χ4n) is 3.26. The van der Waals surface area contributed by atoms with Crippen molar-refractivity contribution in [3.63, 3.8) is 0 Å². The van der Waals surface area contributed by atoms with Crippen molar-refractivity contribution in [2.45, 2.75) is 53.1 Å². The molecule has 2 N–H and O–H groups in total. The van der Waals surface area contributed by atoms with Crippen LogP contribution >= 0.6 is 0 Å². The highest BCUT2D eigenvalue weighted by molar-refractivity contribution is 5.66. The fraction of sp³-hybridized carbons (Fsp3) is 0.800. The largest absolute Gasteiger partial charge is 0.394 e. The van der Waals surface area contributed by atoms with E-state index in [0.29, 0.717) is 6.04 Å². The predicted octanol–water partition coefficient (Wildman–Crippen LogP) is 2.10. The highest BCUT2D eigenvalue weighted by Crippen LogP contribution is 2.30. The molecule has 0 amide bonds. The first-order valence-electron chi connectivity index (χ1n) is 7.94. The Labute approximate surface area is 122 Å². The number of aromatic nitrogens is 2. The topological polar surface area (TPSA) is 50.3 Å². The van der Waals surface area contributed by atoms with Crippen molar-refractivity contribution >= 4 is 11.5 Å². The second-order valence-corrected chi connectivity index (χ2v) is 5.66. The molecule has 0 spiro atoms. The third-order valence-electron chi connectivity index (χ3n) is 4.37. The third-order valence-corrected chi connectivity index (χ3v) is 4.37. The standard InChI is InChI=1S/C15H29N5/c1-5-9-20-15(14(16)12(4)17-20)19-10-8-13(11-19)18(6-2)7-3/h13H,5-11,16H2,1-4H3. The molecule has 0 radical (unpaired) electrons. The number of nitrogens with two attached hydrogens (primary N) is 1. The molecule has 5 nitrogen and oxygen atoms in total. The fourth-order valence-corrected chi connectivity index (χ4v) is 3.26. The maximum atomic E-state index is 6.26. The SMILES string of the molecule is CCCn1nc(C)c(N)c1N1CCC(N(CC)CC)C1. The summed E-state index contributed by atoms with van der Waals surface area (Å²) >= 11 is 0. The van der Waals surface area contributed by atoms with E-state index in [9.17, 15) is 0 Å². The first kappa shape index (κ1) is 15.2. The summed E-state index contributed by atoms with van der Waals surface area (Å²) in [5.74, 6) is 1.14. The maximum Gasteiger partial charge on any atom is 0.150 e. The van der Waals surface area contributed by atoms with E-state index in [4.69, 9.17) is 5.73 Å². The summed E-state index contributed by atoms with van der Waals surface area (Å²) in [5, 5.41) is 4.59. The van der Waals surface area contributed by atoms with Crippen molar-refractivity contribution in [3.8, 4) is 0 Å². The van der Waals surface area contributed by atoms with E-state index < -0.39 is 0 Å². The van der Waals surface area contributed by atoms with Crippen LogP contribution in [0.25, 0.3) is 0 Å². The van der Waals surface area contributed by atoms with Crippen molar-refractivity contribution < 1.29 is 0 Å². The first-order chi connectivity index (χ1) is 9.62. The van der Waals surface area contributed by atoms with E-state index in [1.807, 2.05) is 6.92 Å². The van der Waals surface area contributed by atoms with Gasteiger partial charge < -0.3 is 10.6 Å². The van der Waals surface area contributed by atoms with Gasteiger partial charge in [-0.2, -0.15) is 5.10 Å². The van der Waals surface area contributed by atoms with Crippen molar-refractivity contribution in [2.24, 2.45) is 0 Å². The average Bonchev–Trinajstić information content (AvgIpc) is 2.99. The highest BCUT2D eigenvalue weighted by Gasteiger charge is 2.29. The van der Waals surface area contributed by atoms with Crippen molar-refractivity contribution in [1.82, 2.24) is 14.7 Å². The van der Waals surface area contributed by atoms with Crippen LogP contribution in [0, 0.1) is 6.92 Å². The monoisotopic (exact) mass is 279 g/mol. The Kier molecular flexibility index (Phi) is 4.91. The molecule has 2 rings (SSSR count). The van der Waals surface area contributed by atoms with Gasteiger partial charge >= 0.3 is 0 Å². The molecule has 0 aliphatic carbocycles. The van der Waals surface area contributed by atoms with Gasteiger partial charge in [-0.05, 0) is 32.9 Å². The zero-order chi connectivity index (χ0) is 14.7. The number of aryl methyl sites for hydroxylation is 2. The Morgan fingerprint density at radius 1 is 1.30 bits per heavy atom. The predicted molar refractivity (Wildman–Crippen MR) is 85.2 cm³/mol. The molecule has 1 atom stereocenters. The molecule has 1 fully saturated rings. The van der Waals surface area contributed by atoms with Crippen LogP contribution in [0.4, 0.5) is 11.5 Å². The van der Waals surface area contributed by atoms with Gasteiger partial charge in [0.25, 0.3) is 0 Å². The van der Waals surface area contributed by atoms with Crippen LogP contribution < -0.4 is 10.6 Å². The van der Waals surface area contributed by atoms with Crippen LogP contribution in [-0.4, -0.2) is 46.9 Å². The smallest absolute Gasteiger partial charge is 0.150 e. The minimum Gasteiger partial charge on any atom is -0.394 e. The van der Waals surface area contributed by atoms with Gasteiger partial charge in [0.1, 0.15) is 0 Å². The van der Waals surface area contributed by atoms with Gasteiger partial charge in [0, 0.05) is 25.7 Å². The molecule has 0 bridgehead atoms. The van der Waals surface area contributed by atoms with Crippen LogP contribution in [0.2, 0.25) is 0 Å². The molecular weight excluding hydrogens is 250 g/mol. The average molecular weight is 279 g/mol. The summed E-state index contributed by atoms with van der Waals surface area (Å²) in [6.07, 6.45) is 2.30. The number of nitrogen functional groups attached to an aromatic ring is 1. The van der Waals surface area contributed by atoms with Crippen LogP contribution in [-0.2, 0) is 6.54 Å². The molecule has 1 aliphatic rings. The molecule has 0 saturated carbocycles. The molecule has 1 saturated heterocycles. The Bertz CT molecular complexity index is 436. The van der Waals surface area contributed by atoms with Crippen LogP contribution in [0.15, 0.2) is 0 Å². The Morgan fingerprint density at radius 3 is 2.60 bits per heavy atom. The van der Waals surface area contributed by atoms with E-state index in [-0.39, 0.29) is 0 Å². The molecule has 1 unspecified atom stereocenters. The van der Waals surface area contributed by atoms with Gasteiger partial charge in [-0.3, -0.25) is 4.90 Å². The molecule has 114 valence electrons. The minimum atomic E-state index is 0.648. The lowest BCUT2D eigenvalue weighted by atomic mass is 10.2. The summed E-state index contributed by atoms with van der Waals surface area (Å²) < 4.78 is 2.09. The summed E-state index contributed by atoms with van der Waals surface area (Å²) in [4.78, 5) is 4.97. The normalized spacial score (nSPS) is 19.2. The van der Waals surface area contributed by atoms with Gasteiger partial charge in [0.05, 0.1) is 11.4 Å². The number of hydrogen-bond acceptors (Lipinski definition) is 4.